The van der Waals surface area contributed by atoms with Crippen LogP contribution in [0.25, 0.3) is 0 Å². The number of morpholine rings is 1. The SMILES string of the molecule is O=C(NC1CC1)C1CCCN1C(=O)CC1COCCN1. The van der Waals surface area contributed by atoms with E-state index in [0.29, 0.717) is 32.2 Å². The van der Waals surface area contributed by atoms with Crippen LogP contribution in [0.15, 0.2) is 0 Å². The normalized spacial score (nSPS) is 30.3. The van der Waals surface area contributed by atoms with Gasteiger partial charge in [-0.1, -0.05) is 0 Å². The van der Waals surface area contributed by atoms with E-state index in [9.17, 15) is 9.59 Å². The van der Waals surface area contributed by atoms with Crippen molar-refractivity contribution in [3.05, 3.63) is 0 Å². The lowest BCUT2D eigenvalue weighted by atomic mass is 10.1. The molecule has 6 heteroatoms. The summed E-state index contributed by atoms with van der Waals surface area (Å²) in [5.74, 6) is 0.104. The largest absolute Gasteiger partial charge is 0.378 e. The molecule has 3 fully saturated rings. The summed E-state index contributed by atoms with van der Waals surface area (Å²) in [5, 5.41) is 6.30. The topological polar surface area (TPSA) is 70.7 Å². The summed E-state index contributed by atoms with van der Waals surface area (Å²) in [6, 6.07) is 0.185. The van der Waals surface area contributed by atoms with Gasteiger partial charge >= 0.3 is 0 Å². The molecule has 1 aliphatic carbocycles. The molecule has 0 aromatic rings. The van der Waals surface area contributed by atoms with Gasteiger partial charge in [-0.25, -0.2) is 0 Å². The van der Waals surface area contributed by atoms with Gasteiger partial charge in [-0.15, -0.1) is 0 Å². The fourth-order valence-electron chi connectivity index (χ4n) is 2.94. The van der Waals surface area contributed by atoms with Crippen molar-refractivity contribution in [2.45, 2.75) is 50.2 Å². The third kappa shape index (κ3) is 3.30. The lowest BCUT2D eigenvalue weighted by Gasteiger charge is -2.28. The molecule has 6 nitrogen and oxygen atoms in total. The zero-order valence-electron chi connectivity index (χ0n) is 11.8. The number of nitrogens with zero attached hydrogens (tertiary/aromatic N) is 1. The highest BCUT2D eigenvalue weighted by molar-refractivity contribution is 5.88. The fraction of sp³-hybridized carbons (Fsp3) is 0.857. The number of nitrogens with one attached hydrogen (secondary N) is 2. The molecule has 2 saturated heterocycles. The van der Waals surface area contributed by atoms with Gasteiger partial charge in [-0.2, -0.15) is 0 Å². The summed E-state index contributed by atoms with van der Waals surface area (Å²) >= 11 is 0. The quantitative estimate of drug-likeness (QED) is 0.738. The lowest BCUT2D eigenvalue weighted by molar-refractivity contribution is -0.139. The molecule has 0 aromatic carbocycles. The minimum Gasteiger partial charge on any atom is -0.378 e. The lowest BCUT2D eigenvalue weighted by Crippen LogP contribution is -2.49. The third-order valence-electron chi connectivity index (χ3n) is 4.22. The highest BCUT2D eigenvalue weighted by Gasteiger charge is 2.36. The van der Waals surface area contributed by atoms with Crippen molar-refractivity contribution in [2.75, 3.05) is 26.3 Å². The predicted octanol–water partition coefficient (Wildman–Crippen LogP) is -0.365. The molecule has 0 radical (unpaired) electrons. The molecule has 1 saturated carbocycles. The van der Waals surface area contributed by atoms with Crippen LogP contribution >= 0.6 is 0 Å². The summed E-state index contributed by atoms with van der Waals surface area (Å²) in [6.45, 7) is 2.79. The molecule has 0 spiro atoms. The van der Waals surface area contributed by atoms with Crippen molar-refractivity contribution in [1.82, 2.24) is 15.5 Å². The van der Waals surface area contributed by atoms with Gasteiger partial charge in [-0.05, 0) is 25.7 Å². The average molecular weight is 281 g/mol. The molecule has 2 atom stereocenters. The van der Waals surface area contributed by atoms with Gasteiger partial charge in [0.2, 0.25) is 11.8 Å². The molecule has 3 rings (SSSR count). The number of carbonyl (C=O) groups is 2. The first-order chi connectivity index (χ1) is 9.74. The molecule has 2 heterocycles. The number of hydrogen-bond acceptors (Lipinski definition) is 4. The summed E-state index contributed by atoms with van der Waals surface area (Å²) in [4.78, 5) is 26.3. The molecule has 2 unspecified atom stereocenters. The Morgan fingerprint density at radius 3 is 2.85 bits per heavy atom. The third-order valence-corrected chi connectivity index (χ3v) is 4.22. The number of rotatable bonds is 4. The number of ether oxygens (including phenoxy) is 1. The van der Waals surface area contributed by atoms with E-state index in [-0.39, 0.29) is 23.9 Å². The highest BCUT2D eigenvalue weighted by atomic mass is 16.5. The number of carbonyl (C=O) groups excluding carboxylic acids is 2. The van der Waals surface area contributed by atoms with Gasteiger partial charge in [-0.3, -0.25) is 9.59 Å². The Balaban J connectivity index is 1.53. The Morgan fingerprint density at radius 1 is 1.30 bits per heavy atom. The van der Waals surface area contributed by atoms with Gasteiger partial charge in [0.05, 0.1) is 13.2 Å². The van der Waals surface area contributed by atoms with Gasteiger partial charge < -0.3 is 20.3 Å². The summed E-state index contributed by atoms with van der Waals surface area (Å²) in [7, 11) is 0. The van der Waals surface area contributed by atoms with E-state index in [1.807, 2.05) is 0 Å². The van der Waals surface area contributed by atoms with Gasteiger partial charge in [0.15, 0.2) is 0 Å². The second-order valence-corrected chi connectivity index (χ2v) is 5.96. The summed E-state index contributed by atoms with van der Waals surface area (Å²) in [5.41, 5.74) is 0. The van der Waals surface area contributed by atoms with Crippen LogP contribution in [0.3, 0.4) is 0 Å². The maximum atomic E-state index is 12.4. The molecular weight excluding hydrogens is 258 g/mol. The fourth-order valence-corrected chi connectivity index (χ4v) is 2.94. The minimum absolute atomic E-state index is 0.0335. The van der Waals surface area contributed by atoms with Crippen molar-refractivity contribution in [2.24, 2.45) is 0 Å². The molecule has 2 N–H and O–H groups in total. The molecule has 2 aliphatic heterocycles. The first-order valence-corrected chi connectivity index (χ1v) is 7.65. The molecule has 20 heavy (non-hydrogen) atoms. The highest BCUT2D eigenvalue weighted by Crippen LogP contribution is 2.23. The molecular formula is C14H23N3O3. The van der Waals surface area contributed by atoms with Crippen LogP contribution in [-0.4, -0.2) is 61.1 Å². The number of hydrogen-bond donors (Lipinski definition) is 2. The van der Waals surface area contributed by atoms with E-state index in [1.54, 1.807) is 4.90 Å². The van der Waals surface area contributed by atoms with Gasteiger partial charge in [0, 0.05) is 31.6 Å². The summed E-state index contributed by atoms with van der Waals surface area (Å²) < 4.78 is 5.37. The van der Waals surface area contributed by atoms with Crippen LogP contribution in [-0.2, 0) is 14.3 Å². The smallest absolute Gasteiger partial charge is 0.243 e. The van der Waals surface area contributed by atoms with Crippen LogP contribution in [0, 0.1) is 0 Å². The van der Waals surface area contributed by atoms with E-state index in [1.165, 1.54) is 0 Å². The second-order valence-electron chi connectivity index (χ2n) is 5.96. The Hall–Kier alpha value is -1.14. The maximum Gasteiger partial charge on any atom is 0.243 e. The van der Waals surface area contributed by atoms with E-state index >= 15 is 0 Å². The monoisotopic (exact) mass is 281 g/mol. The first-order valence-electron chi connectivity index (χ1n) is 7.65. The van der Waals surface area contributed by atoms with Crippen LogP contribution < -0.4 is 10.6 Å². The van der Waals surface area contributed by atoms with Crippen molar-refractivity contribution in [3.8, 4) is 0 Å². The predicted molar refractivity (Wildman–Crippen MR) is 73.1 cm³/mol. The molecule has 2 amide bonds. The van der Waals surface area contributed by atoms with Crippen LogP contribution in [0.4, 0.5) is 0 Å². The molecule has 0 bridgehead atoms. The first kappa shape index (κ1) is 13.8. The van der Waals surface area contributed by atoms with E-state index < -0.39 is 0 Å². The van der Waals surface area contributed by atoms with Crippen LogP contribution in [0.1, 0.15) is 32.1 Å². The van der Waals surface area contributed by atoms with E-state index in [4.69, 9.17) is 4.74 Å². The van der Waals surface area contributed by atoms with E-state index in [2.05, 4.69) is 10.6 Å². The van der Waals surface area contributed by atoms with Crippen molar-refractivity contribution in [3.63, 3.8) is 0 Å². The van der Waals surface area contributed by atoms with E-state index in [0.717, 1.165) is 32.2 Å². The summed E-state index contributed by atoms with van der Waals surface area (Å²) in [6.07, 6.45) is 4.29. The standard InChI is InChI=1S/C14H23N3O3/c18-13(8-11-9-20-7-5-15-11)17-6-1-2-12(17)14(19)16-10-3-4-10/h10-12,15H,1-9H2,(H,16,19). The zero-order valence-corrected chi connectivity index (χ0v) is 11.8. The molecule has 112 valence electrons. The van der Waals surface area contributed by atoms with Crippen molar-refractivity contribution >= 4 is 11.8 Å². The second kappa shape index (κ2) is 6.10. The Labute approximate surface area is 119 Å². The maximum absolute atomic E-state index is 12.4. The molecule has 0 aromatic heterocycles. The van der Waals surface area contributed by atoms with Crippen molar-refractivity contribution < 1.29 is 14.3 Å². The van der Waals surface area contributed by atoms with Gasteiger partial charge in [0.25, 0.3) is 0 Å². The Kier molecular flexibility index (Phi) is 4.21. The molecule has 3 aliphatic rings. The Bertz CT molecular complexity index is 378. The number of likely N-dealkylation sites (tertiary alicyclic amines) is 1. The average Bonchev–Trinajstić information content (AvgIpc) is 3.12. The van der Waals surface area contributed by atoms with Crippen LogP contribution in [0.2, 0.25) is 0 Å². The van der Waals surface area contributed by atoms with Crippen molar-refractivity contribution in [1.29, 1.82) is 0 Å². The van der Waals surface area contributed by atoms with Gasteiger partial charge in [0.1, 0.15) is 6.04 Å². The van der Waals surface area contributed by atoms with Crippen LogP contribution in [0.5, 0.6) is 0 Å². The number of amides is 2. The minimum atomic E-state index is -0.257. The Morgan fingerprint density at radius 2 is 2.15 bits per heavy atom. The zero-order chi connectivity index (χ0) is 13.9.